The smallest absolute Gasteiger partial charge is 0.251 e. The van der Waals surface area contributed by atoms with Crippen molar-refractivity contribution in [2.75, 3.05) is 6.61 Å². The number of aliphatic hydroxyl groups is 1. The second-order valence-electron chi connectivity index (χ2n) is 7.72. The molecule has 1 aromatic rings. The number of hydrogen-bond donors (Lipinski definition) is 1. The summed E-state index contributed by atoms with van der Waals surface area (Å²) in [5, 5.41) is 11.7. The van der Waals surface area contributed by atoms with Gasteiger partial charge in [-0.05, 0) is 25.8 Å². The molecule has 0 saturated carbocycles. The highest BCUT2D eigenvalue weighted by Crippen LogP contribution is 2.18. The Morgan fingerprint density at radius 1 is 0.964 bits per heavy atom. The SMILES string of the molecule is CCCCCCCCCCCCON1C(c2ccc(C)cc2C)=NC=NC1O. The minimum Gasteiger partial charge on any atom is -0.353 e. The molecule has 1 aromatic carbocycles. The first kappa shape index (κ1) is 22.6. The number of benzene rings is 1. The molecular formula is C23H37N3O2. The monoisotopic (exact) mass is 387 g/mol. The van der Waals surface area contributed by atoms with Crippen LogP contribution in [0.1, 0.15) is 87.8 Å². The van der Waals surface area contributed by atoms with E-state index < -0.39 is 6.35 Å². The maximum absolute atomic E-state index is 10.2. The predicted octanol–water partition coefficient (Wildman–Crippen LogP) is 5.52. The largest absolute Gasteiger partial charge is 0.353 e. The minimum absolute atomic E-state index is 0.563. The fourth-order valence-corrected chi connectivity index (χ4v) is 3.51. The molecule has 0 fully saturated rings. The van der Waals surface area contributed by atoms with Crippen molar-refractivity contribution in [3.63, 3.8) is 0 Å². The Kier molecular flexibility index (Phi) is 10.2. The van der Waals surface area contributed by atoms with Gasteiger partial charge in [-0.1, -0.05) is 88.5 Å². The Hall–Kier alpha value is -1.72. The molecule has 0 radical (unpaired) electrons. The maximum Gasteiger partial charge on any atom is 0.251 e. The number of rotatable bonds is 13. The number of aliphatic imine (C=N–C) groups is 2. The summed E-state index contributed by atoms with van der Waals surface area (Å²) in [5.41, 5.74) is 3.26. The van der Waals surface area contributed by atoms with Crippen molar-refractivity contribution in [2.45, 2.75) is 91.3 Å². The van der Waals surface area contributed by atoms with Gasteiger partial charge in [0.25, 0.3) is 6.35 Å². The molecule has 1 N–H and O–H groups in total. The Labute approximate surface area is 170 Å². The van der Waals surface area contributed by atoms with Crippen LogP contribution in [0.4, 0.5) is 0 Å². The van der Waals surface area contributed by atoms with E-state index in [1.54, 1.807) is 0 Å². The van der Waals surface area contributed by atoms with Crippen LogP contribution in [0, 0.1) is 13.8 Å². The fourth-order valence-electron chi connectivity index (χ4n) is 3.51. The normalized spacial score (nSPS) is 16.5. The minimum atomic E-state index is -1.05. The molecule has 0 aliphatic carbocycles. The van der Waals surface area contributed by atoms with Crippen LogP contribution < -0.4 is 0 Å². The lowest BCUT2D eigenvalue weighted by atomic mass is 10.0. The first-order chi connectivity index (χ1) is 13.6. The zero-order chi connectivity index (χ0) is 20.2. The van der Waals surface area contributed by atoms with E-state index in [1.165, 1.54) is 68.3 Å². The fraction of sp³-hybridized carbons (Fsp3) is 0.652. The average molecular weight is 388 g/mol. The number of hydrogen-bond acceptors (Lipinski definition) is 5. The summed E-state index contributed by atoms with van der Waals surface area (Å²) in [6, 6.07) is 6.17. The number of aliphatic hydroxyl groups excluding tert-OH is 1. The van der Waals surface area contributed by atoms with Crippen molar-refractivity contribution in [1.82, 2.24) is 5.06 Å². The first-order valence-electron chi connectivity index (χ1n) is 10.9. The Balaban J connectivity index is 1.70. The van der Waals surface area contributed by atoms with Crippen molar-refractivity contribution in [3.05, 3.63) is 34.9 Å². The van der Waals surface area contributed by atoms with E-state index in [2.05, 4.69) is 29.9 Å². The highest BCUT2D eigenvalue weighted by Gasteiger charge is 2.25. The lowest BCUT2D eigenvalue weighted by Crippen LogP contribution is -2.42. The summed E-state index contributed by atoms with van der Waals surface area (Å²) in [6.45, 7) is 6.93. The molecule has 0 amide bonds. The molecule has 2 rings (SSSR count). The molecule has 1 heterocycles. The molecular weight excluding hydrogens is 350 g/mol. The molecule has 1 atom stereocenters. The van der Waals surface area contributed by atoms with Gasteiger partial charge < -0.3 is 5.11 Å². The van der Waals surface area contributed by atoms with Crippen molar-refractivity contribution >= 4 is 12.2 Å². The van der Waals surface area contributed by atoms with Crippen LogP contribution in [-0.2, 0) is 4.84 Å². The molecule has 1 aliphatic heterocycles. The topological polar surface area (TPSA) is 57.4 Å². The number of amidine groups is 1. The second kappa shape index (κ2) is 12.7. The van der Waals surface area contributed by atoms with Gasteiger partial charge in [0.05, 0.1) is 6.61 Å². The summed E-state index contributed by atoms with van der Waals surface area (Å²) in [5.74, 6) is 0.618. The van der Waals surface area contributed by atoms with Gasteiger partial charge in [-0.3, -0.25) is 4.84 Å². The van der Waals surface area contributed by atoms with Crippen LogP contribution in [0.5, 0.6) is 0 Å². The Morgan fingerprint density at radius 2 is 1.61 bits per heavy atom. The molecule has 5 heteroatoms. The van der Waals surface area contributed by atoms with Crippen LogP contribution in [-0.4, -0.2) is 35.3 Å². The van der Waals surface area contributed by atoms with Gasteiger partial charge in [0.1, 0.15) is 6.34 Å². The third kappa shape index (κ3) is 7.36. The molecule has 5 nitrogen and oxygen atoms in total. The summed E-state index contributed by atoms with van der Waals surface area (Å²) in [6.07, 6.45) is 13.2. The van der Waals surface area contributed by atoms with Crippen LogP contribution in [0.2, 0.25) is 0 Å². The molecule has 1 unspecified atom stereocenters. The van der Waals surface area contributed by atoms with Crippen molar-refractivity contribution < 1.29 is 9.94 Å². The second-order valence-corrected chi connectivity index (χ2v) is 7.72. The Morgan fingerprint density at radius 3 is 2.25 bits per heavy atom. The summed E-state index contributed by atoms with van der Waals surface area (Å²) in [7, 11) is 0. The number of hydroxylamine groups is 2. The summed E-state index contributed by atoms with van der Waals surface area (Å²) in [4.78, 5) is 14.2. The zero-order valence-electron chi connectivity index (χ0n) is 17.9. The number of unbranched alkanes of at least 4 members (excludes halogenated alkanes) is 9. The van der Waals surface area contributed by atoms with E-state index in [-0.39, 0.29) is 0 Å². The first-order valence-corrected chi connectivity index (χ1v) is 10.9. The van der Waals surface area contributed by atoms with Crippen LogP contribution >= 0.6 is 0 Å². The van der Waals surface area contributed by atoms with Gasteiger partial charge in [-0.2, -0.15) is 5.06 Å². The van der Waals surface area contributed by atoms with Gasteiger partial charge in [0.15, 0.2) is 5.84 Å². The third-order valence-electron chi connectivity index (χ3n) is 5.15. The van der Waals surface area contributed by atoms with E-state index >= 15 is 0 Å². The number of aryl methyl sites for hydroxylation is 2. The molecule has 156 valence electrons. The van der Waals surface area contributed by atoms with E-state index in [1.807, 2.05) is 19.1 Å². The molecule has 0 spiro atoms. The quantitative estimate of drug-likeness (QED) is 0.453. The van der Waals surface area contributed by atoms with Gasteiger partial charge >= 0.3 is 0 Å². The predicted molar refractivity (Wildman–Crippen MR) is 117 cm³/mol. The molecule has 0 bridgehead atoms. The zero-order valence-corrected chi connectivity index (χ0v) is 17.9. The van der Waals surface area contributed by atoms with E-state index in [0.29, 0.717) is 12.4 Å². The Bertz CT molecular complexity index is 643. The molecule has 28 heavy (non-hydrogen) atoms. The van der Waals surface area contributed by atoms with E-state index in [4.69, 9.17) is 4.84 Å². The highest BCUT2D eigenvalue weighted by atomic mass is 16.7. The highest BCUT2D eigenvalue weighted by molar-refractivity contribution is 6.03. The molecule has 0 saturated heterocycles. The third-order valence-corrected chi connectivity index (χ3v) is 5.15. The van der Waals surface area contributed by atoms with E-state index in [9.17, 15) is 5.11 Å². The molecule has 0 aromatic heterocycles. The van der Waals surface area contributed by atoms with Gasteiger partial charge in [0, 0.05) is 5.56 Å². The standard InChI is InChI=1S/C23H37N3O2/c1-4-5-6-7-8-9-10-11-12-13-16-28-26-22(24-18-25-23(26)27)21-15-14-19(2)17-20(21)3/h14-15,17-18,23,27H,4-13,16H2,1-3H3. The lowest BCUT2D eigenvalue weighted by Gasteiger charge is -2.29. The maximum atomic E-state index is 10.2. The van der Waals surface area contributed by atoms with Crippen molar-refractivity contribution in [2.24, 2.45) is 9.98 Å². The molecule has 1 aliphatic rings. The van der Waals surface area contributed by atoms with Crippen LogP contribution in [0.15, 0.2) is 28.2 Å². The lowest BCUT2D eigenvalue weighted by molar-refractivity contribution is -0.184. The summed E-state index contributed by atoms with van der Waals surface area (Å²) < 4.78 is 0. The van der Waals surface area contributed by atoms with Crippen LogP contribution in [0.3, 0.4) is 0 Å². The summed E-state index contributed by atoms with van der Waals surface area (Å²) >= 11 is 0. The van der Waals surface area contributed by atoms with E-state index in [0.717, 1.165) is 24.0 Å². The van der Waals surface area contributed by atoms with Crippen molar-refractivity contribution in [3.8, 4) is 0 Å². The average Bonchev–Trinajstić information content (AvgIpc) is 2.67. The number of nitrogens with zero attached hydrogens (tertiary/aromatic N) is 3. The van der Waals surface area contributed by atoms with Gasteiger partial charge in [-0.15, -0.1) is 0 Å². The van der Waals surface area contributed by atoms with Gasteiger partial charge in [0.2, 0.25) is 0 Å². The van der Waals surface area contributed by atoms with Gasteiger partial charge in [-0.25, -0.2) is 9.98 Å². The van der Waals surface area contributed by atoms with Crippen molar-refractivity contribution in [1.29, 1.82) is 0 Å². The van der Waals surface area contributed by atoms with Crippen LogP contribution in [0.25, 0.3) is 0 Å².